The van der Waals surface area contributed by atoms with E-state index in [1.807, 2.05) is 42.5 Å². The smallest absolute Gasteiger partial charge is 0.325 e. The number of hydrogen-bond donors (Lipinski definition) is 1. The van der Waals surface area contributed by atoms with Crippen LogP contribution in [0.3, 0.4) is 0 Å². The number of para-hydroxylation sites is 2. The van der Waals surface area contributed by atoms with Crippen LogP contribution >= 0.6 is 0 Å². The van der Waals surface area contributed by atoms with E-state index in [-0.39, 0.29) is 26.0 Å². The number of rotatable bonds is 6. The summed E-state index contributed by atoms with van der Waals surface area (Å²) < 4.78 is 21.5. The van der Waals surface area contributed by atoms with Gasteiger partial charge in [-0.1, -0.05) is 42.5 Å². The molecule has 9 heteroatoms. The molecule has 5 rings (SSSR count). The molecular formula is C26H22N2O7. The van der Waals surface area contributed by atoms with E-state index in [2.05, 4.69) is 5.32 Å². The second-order valence-corrected chi connectivity index (χ2v) is 7.88. The Hall–Kier alpha value is -4.53. The number of carbonyl (C=O) groups is 3. The fourth-order valence-electron chi connectivity index (χ4n) is 3.97. The lowest BCUT2D eigenvalue weighted by Gasteiger charge is -2.37. The second-order valence-electron chi connectivity index (χ2n) is 7.88. The van der Waals surface area contributed by atoms with Gasteiger partial charge in [0.05, 0.1) is 11.7 Å². The molecule has 2 amide bonds. The molecule has 0 radical (unpaired) electrons. The molecule has 0 saturated carbocycles. The largest absolute Gasteiger partial charge is 0.489 e. The third kappa shape index (κ3) is 4.74. The quantitative estimate of drug-likeness (QED) is 0.548. The number of nitrogens with one attached hydrogen (secondary N) is 1. The van der Waals surface area contributed by atoms with E-state index >= 15 is 0 Å². The van der Waals surface area contributed by atoms with Gasteiger partial charge in [0.15, 0.2) is 18.1 Å². The van der Waals surface area contributed by atoms with Crippen LogP contribution < -0.4 is 24.4 Å². The minimum Gasteiger partial charge on any atom is -0.489 e. The molecule has 1 atom stereocenters. The summed E-state index contributed by atoms with van der Waals surface area (Å²) in [6.45, 7) is -0.495. The first-order chi connectivity index (χ1) is 17.1. The molecule has 178 valence electrons. The highest BCUT2D eigenvalue weighted by molar-refractivity contribution is 5.99. The van der Waals surface area contributed by atoms with Crippen molar-refractivity contribution >= 4 is 23.5 Å². The molecule has 0 bridgehead atoms. The number of amides is 2. The lowest BCUT2D eigenvalue weighted by atomic mass is 10.0. The first kappa shape index (κ1) is 22.3. The monoisotopic (exact) mass is 474 g/mol. The van der Waals surface area contributed by atoms with Gasteiger partial charge in [0.25, 0.3) is 11.8 Å². The number of fused-ring (bicyclic) bond motifs is 2. The van der Waals surface area contributed by atoms with Gasteiger partial charge in [-0.25, -0.2) is 0 Å². The van der Waals surface area contributed by atoms with Gasteiger partial charge in [-0.3, -0.25) is 19.3 Å². The number of esters is 1. The van der Waals surface area contributed by atoms with Crippen LogP contribution in [0, 0.1) is 0 Å². The van der Waals surface area contributed by atoms with Gasteiger partial charge in [0.1, 0.15) is 18.9 Å². The summed E-state index contributed by atoms with van der Waals surface area (Å²) in [6, 6.07) is 21.1. The molecule has 0 spiro atoms. The predicted molar refractivity (Wildman–Crippen MR) is 124 cm³/mol. The molecule has 0 fully saturated rings. The normalized spacial score (nSPS) is 15.5. The zero-order valence-corrected chi connectivity index (χ0v) is 18.6. The maximum Gasteiger partial charge on any atom is 0.325 e. The second kappa shape index (κ2) is 9.76. The Balaban J connectivity index is 1.21. The van der Waals surface area contributed by atoms with Crippen LogP contribution in [0.15, 0.2) is 72.8 Å². The van der Waals surface area contributed by atoms with E-state index in [9.17, 15) is 14.4 Å². The summed E-state index contributed by atoms with van der Waals surface area (Å²) in [5.74, 6) is -0.00831. The van der Waals surface area contributed by atoms with Crippen LogP contribution in [0.4, 0.5) is 5.69 Å². The summed E-state index contributed by atoms with van der Waals surface area (Å²) in [4.78, 5) is 39.4. The van der Waals surface area contributed by atoms with Crippen LogP contribution in [0.25, 0.3) is 0 Å². The Kier molecular flexibility index (Phi) is 6.21. The van der Waals surface area contributed by atoms with Crippen molar-refractivity contribution in [3.05, 3.63) is 83.9 Å². The van der Waals surface area contributed by atoms with Gasteiger partial charge in [-0.05, 0) is 35.9 Å². The summed E-state index contributed by atoms with van der Waals surface area (Å²) in [7, 11) is 0. The molecular weight excluding hydrogens is 452 g/mol. The van der Waals surface area contributed by atoms with Crippen molar-refractivity contribution < 1.29 is 33.3 Å². The van der Waals surface area contributed by atoms with Gasteiger partial charge in [0.2, 0.25) is 6.79 Å². The molecule has 35 heavy (non-hydrogen) atoms. The zero-order valence-electron chi connectivity index (χ0n) is 18.6. The van der Waals surface area contributed by atoms with E-state index in [4.69, 9.17) is 18.9 Å². The van der Waals surface area contributed by atoms with Crippen molar-refractivity contribution in [2.45, 2.75) is 6.04 Å². The van der Waals surface area contributed by atoms with Crippen LogP contribution in [0.2, 0.25) is 0 Å². The molecule has 0 aromatic heterocycles. The highest BCUT2D eigenvalue weighted by Crippen LogP contribution is 2.39. The van der Waals surface area contributed by atoms with E-state index in [1.54, 1.807) is 29.2 Å². The summed E-state index contributed by atoms with van der Waals surface area (Å²) in [5, 5.41) is 2.49. The van der Waals surface area contributed by atoms with Gasteiger partial charge >= 0.3 is 5.97 Å². The number of ether oxygens (including phenoxy) is 4. The Morgan fingerprint density at radius 3 is 2.51 bits per heavy atom. The molecule has 2 aliphatic rings. The molecule has 0 aliphatic carbocycles. The van der Waals surface area contributed by atoms with Crippen LogP contribution in [0.1, 0.15) is 22.0 Å². The molecule has 2 heterocycles. The first-order valence-electron chi connectivity index (χ1n) is 11.0. The van der Waals surface area contributed by atoms with Crippen molar-refractivity contribution in [3.63, 3.8) is 0 Å². The summed E-state index contributed by atoms with van der Waals surface area (Å²) in [5.41, 5.74) is 1.82. The first-order valence-corrected chi connectivity index (χ1v) is 11.0. The molecule has 3 aromatic carbocycles. The SMILES string of the molecule is O=C(CNC(=O)c1ccc2c(c1)OCO2)OCC(=O)N1c2ccccc2OCC1c1ccccc1. The highest BCUT2D eigenvalue weighted by Gasteiger charge is 2.33. The van der Waals surface area contributed by atoms with E-state index in [0.717, 1.165) is 5.56 Å². The maximum absolute atomic E-state index is 13.2. The third-order valence-electron chi connectivity index (χ3n) is 5.67. The van der Waals surface area contributed by atoms with Gasteiger partial charge in [-0.2, -0.15) is 0 Å². The lowest BCUT2D eigenvalue weighted by Crippen LogP contribution is -2.43. The lowest BCUT2D eigenvalue weighted by molar-refractivity contribution is -0.147. The van der Waals surface area contributed by atoms with Crippen molar-refractivity contribution in [3.8, 4) is 17.2 Å². The molecule has 9 nitrogen and oxygen atoms in total. The summed E-state index contributed by atoms with van der Waals surface area (Å²) >= 11 is 0. The fourth-order valence-corrected chi connectivity index (χ4v) is 3.97. The van der Waals surface area contributed by atoms with Crippen LogP contribution in [-0.4, -0.2) is 44.3 Å². The zero-order chi connectivity index (χ0) is 24.2. The van der Waals surface area contributed by atoms with E-state index in [0.29, 0.717) is 28.5 Å². The van der Waals surface area contributed by atoms with Gasteiger partial charge < -0.3 is 24.3 Å². The van der Waals surface area contributed by atoms with Gasteiger partial charge in [0, 0.05) is 5.56 Å². The van der Waals surface area contributed by atoms with Crippen molar-refractivity contribution in [2.24, 2.45) is 0 Å². The van der Waals surface area contributed by atoms with Crippen molar-refractivity contribution in [1.82, 2.24) is 5.32 Å². The Morgan fingerprint density at radius 1 is 0.886 bits per heavy atom. The average Bonchev–Trinajstić information content (AvgIpc) is 3.38. The summed E-state index contributed by atoms with van der Waals surface area (Å²) in [6.07, 6.45) is 0. The number of carbonyl (C=O) groups excluding carboxylic acids is 3. The number of hydrogen-bond acceptors (Lipinski definition) is 7. The van der Waals surface area contributed by atoms with Crippen molar-refractivity contribution in [2.75, 3.05) is 31.5 Å². The minimum absolute atomic E-state index is 0.0967. The number of nitrogens with zero attached hydrogens (tertiary/aromatic N) is 1. The third-order valence-corrected chi connectivity index (χ3v) is 5.67. The highest BCUT2D eigenvalue weighted by atomic mass is 16.7. The topological polar surface area (TPSA) is 103 Å². The molecule has 0 saturated heterocycles. The van der Waals surface area contributed by atoms with Crippen LogP contribution in [0.5, 0.6) is 17.2 Å². The van der Waals surface area contributed by atoms with Crippen LogP contribution in [-0.2, 0) is 14.3 Å². The molecule has 1 N–H and O–H groups in total. The number of anilines is 1. The molecule has 3 aromatic rings. The minimum atomic E-state index is -0.731. The maximum atomic E-state index is 13.2. The van der Waals surface area contributed by atoms with Gasteiger partial charge in [-0.15, -0.1) is 0 Å². The Bertz CT molecular complexity index is 1260. The Morgan fingerprint density at radius 2 is 1.66 bits per heavy atom. The standard InChI is InChI=1S/C26H22N2O7/c29-24(15-33-25(30)13-27-26(31)18-10-11-22-23(12-18)35-16-34-22)28-19-8-4-5-9-21(19)32-14-20(28)17-6-2-1-3-7-17/h1-12,20H,13-16H2,(H,27,31). The molecule has 1 unspecified atom stereocenters. The van der Waals surface area contributed by atoms with Crippen molar-refractivity contribution in [1.29, 1.82) is 0 Å². The number of benzene rings is 3. The predicted octanol–water partition coefficient (Wildman–Crippen LogP) is 2.86. The fraction of sp³-hybridized carbons (Fsp3) is 0.192. The molecule has 2 aliphatic heterocycles. The van der Waals surface area contributed by atoms with E-state index < -0.39 is 24.4 Å². The Labute approximate surface area is 201 Å². The average molecular weight is 474 g/mol. The van der Waals surface area contributed by atoms with E-state index in [1.165, 1.54) is 6.07 Å².